The summed E-state index contributed by atoms with van der Waals surface area (Å²) < 4.78 is 12.9. The highest BCUT2D eigenvalue weighted by Crippen LogP contribution is 2.16. The van der Waals surface area contributed by atoms with Gasteiger partial charge in [-0.15, -0.1) is 0 Å². The first-order valence-corrected chi connectivity index (χ1v) is 7.99. The molecule has 130 valence electrons. The van der Waals surface area contributed by atoms with Gasteiger partial charge in [0.2, 0.25) is 11.7 Å². The van der Waals surface area contributed by atoms with E-state index in [1.165, 1.54) is 12.1 Å². The summed E-state index contributed by atoms with van der Waals surface area (Å²) in [6.45, 7) is 5.41. The number of anilines is 1. The van der Waals surface area contributed by atoms with Gasteiger partial charge in [0.1, 0.15) is 5.82 Å². The molecule has 0 unspecified atom stereocenters. The molecule has 24 heavy (non-hydrogen) atoms. The second-order valence-corrected chi connectivity index (χ2v) is 6.05. The fraction of sp³-hybridized carbons (Fsp3) is 0.471. The van der Waals surface area contributed by atoms with Crippen molar-refractivity contribution >= 4 is 23.3 Å². The van der Waals surface area contributed by atoms with Crippen LogP contribution in [0.2, 0.25) is 0 Å². The Morgan fingerprint density at radius 3 is 2.21 bits per heavy atom. The summed E-state index contributed by atoms with van der Waals surface area (Å²) in [6, 6.07) is 6.25. The fourth-order valence-corrected chi connectivity index (χ4v) is 2.48. The first-order chi connectivity index (χ1) is 11.4. The monoisotopic (exact) mass is 335 g/mol. The van der Waals surface area contributed by atoms with Crippen molar-refractivity contribution in [1.82, 2.24) is 10.2 Å². The average molecular weight is 335 g/mol. The summed E-state index contributed by atoms with van der Waals surface area (Å²) >= 11 is 0. The number of rotatable bonds is 5. The van der Waals surface area contributed by atoms with Gasteiger partial charge in [0, 0.05) is 37.8 Å². The van der Waals surface area contributed by atoms with Crippen LogP contribution in [0.15, 0.2) is 24.3 Å². The summed E-state index contributed by atoms with van der Waals surface area (Å²) in [4.78, 5) is 38.9. The van der Waals surface area contributed by atoms with E-state index >= 15 is 0 Å². The van der Waals surface area contributed by atoms with Crippen molar-refractivity contribution in [2.24, 2.45) is 5.92 Å². The molecule has 2 amide bonds. The highest BCUT2D eigenvalue weighted by atomic mass is 19.1. The maximum absolute atomic E-state index is 12.9. The molecule has 7 heteroatoms. The highest BCUT2D eigenvalue weighted by molar-refractivity contribution is 6.37. The van der Waals surface area contributed by atoms with Crippen molar-refractivity contribution in [2.45, 2.75) is 13.8 Å². The van der Waals surface area contributed by atoms with Gasteiger partial charge < -0.3 is 15.1 Å². The Morgan fingerprint density at radius 1 is 1.08 bits per heavy atom. The molecular weight excluding hydrogens is 313 g/mol. The molecule has 0 spiro atoms. The number of hydrogen-bond acceptors (Lipinski definition) is 4. The maximum Gasteiger partial charge on any atom is 0.288 e. The molecule has 1 aromatic carbocycles. The predicted molar refractivity (Wildman–Crippen MR) is 88.0 cm³/mol. The molecule has 0 atom stereocenters. The molecule has 1 aliphatic heterocycles. The van der Waals surface area contributed by atoms with Gasteiger partial charge in [-0.25, -0.2) is 4.39 Å². The Bertz CT molecular complexity index is 608. The van der Waals surface area contributed by atoms with Crippen LogP contribution in [0.4, 0.5) is 10.1 Å². The number of benzene rings is 1. The van der Waals surface area contributed by atoms with Crippen molar-refractivity contribution in [3.05, 3.63) is 30.1 Å². The molecule has 0 aliphatic carbocycles. The van der Waals surface area contributed by atoms with Crippen LogP contribution >= 0.6 is 0 Å². The smallest absolute Gasteiger partial charge is 0.288 e. The van der Waals surface area contributed by atoms with E-state index in [2.05, 4.69) is 10.2 Å². The van der Waals surface area contributed by atoms with Crippen LogP contribution in [0.1, 0.15) is 13.8 Å². The minimum absolute atomic E-state index is 0.173. The zero-order valence-electron chi connectivity index (χ0n) is 13.9. The van der Waals surface area contributed by atoms with E-state index in [1.807, 2.05) is 0 Å². The van der Waals surface area contributed by atoms with E-state index in [1.54, 1.807) is 30.9 Å². The topological polar surface area (TPSA) is 69.7 Å². The molecule has 0 bridgehead atoms. The molecule has 2 rings (SSSR count). The molecular formula is C17H22FN3O3. The molecule has 1 fully saturated rings. The zero-order chi connectivity index (χ0) is 17.7. The summed E-state index contributed by atoms with van der Waals surface area (Å²) in [7, 11) is 0. The van der Waals surface area contributed by atoms with E-state index in [-0.39, 0.29) is 24.2 Å². The zero-order valence-corrected chi connectivity index (χ0v) is 13.9. The van der Waals surface area contributed by atoms with Crippen LogP contribution < -0.4 is 10.2 Å². The molecule has 0 aromatic heterocycles. The Balaban J connectivity index is 1.79. The van der Waals surface area contributed by atoms with Crippen molar-refractivity contribution in [3.8, 4) is 0 Å². The molecule has 6 nitrogen and oxygen atoms in total. The van der Waals surface area contributed by atoms with Gasteiger partial charge in [0.25, 0.3) is 5.91 Å². The third-order valence-electron chi connectivity index (χ3n) is 3.97. The quantitative estimate of drug-likeness (QED) is 0.809. The highest BCUT2D eigenvalue weighted by Gasteiger charge is 2.23. The molecule has 1 aromatic rings. The van der Waals surface area contributed by atoms with Gasteiger partial charge in [0.15, 0.2) is 0 Å². The van der Waals surface area contributed by atoms with Gasteiger partial charge in [0.05, 0.1) is 6.54 Å². The van der Waals surface area contributed by atoms with E-state index < -0.39 is 11.7 Å². The Hall–Kier alpha value is -2.44. The largest absolute Gasteiger partial charge is 0.368 e. The molecule has 0 radical (unpaired) electrons. The summed E-state index contributed by atoms with van der Waals surface area (Å²) in [5.74, 6) is -2.12. The molecule has 1 heterocycles. The fourth-order valence-electron chi connectivity index (χ4n) is 2.48. The Labute approximate surface area is 140 Å². The average Bonchev–Trinajstić information content (AvgIpc) is 2.59. The first-order valence-electron chi connectivity index (χ1n) is 7.99. The molecule has 1 N–H and O–H groups in total. The lowest BCUT2D eigenvalue weighted by Crippen LogP contribution is -2.51. The van der Waals surface area contributed by atoms with Gasteiger partial charge in [-0.05, 0) is 24.3 Å². The number of ketones is 1. The van der Waals surface area contributed by atoms with Crippen LogP contribution in [0.25, 0.3) is 0 Å². The van der Waals surface area contributed by atoms with Crippen LogP contribution in [0.5, 0.6) is 0 Å². The van der Waals surface area contributed by atoms with Crippen LogP contribution in [-0.2, 0) is 14.4 Å². The number of nitrogens with one attached hydrogen (secondary N) is 1. The number of hydrogen-bond donors (Lipinski definition) is 1. The second kappa shape index (κ2) is 7.90. The number of carbonyl (C=O) groups is 3. The third-order valence-corrected chi connectivity index (χ3v) is 3.97. The summed E-state index contributed by atoms with van der Waals surface area (Å²) in [6.07, 6.45) is 0. The standard InChI is InChI=1S/C17H22FN3O3/c1-12(2)16(23)17(24)19-11-15(22)21-9-7-20(8-10-21)14-5-3-13(18)4-6-14/h3-6,12H,7-11H2,1-2H3,(H,19,24). The summed E-state index contributed by atoms with van der Waals surface area (Å²) in [5, 5.41) is 2.38. The van der Waals surface area contributed by atoms with Gasteiger partial charge in [-0.3, -0.25) is 14.4 Å². The maximum atomic E-state index is 12.9. The lowest BCUT2D eigenvalue weighted by atomic mass is 10.1. The number of halogens is 1. The lowest BCUT2D eigenvalue weighted by Gasteiger charge is -2.36. The van der Waals surface area contributed by atoms with Gasteiger partial charge >= 0.3 is 0 Å². The van der Waals surface area contributed by atoms with E-state index in [4.69, 9.17) is 0 Å². The normalized spacial score (nSPS) is 14.7. The Kier molecular flexibility index (Phi) is 5.89. The summed E-state index contributed by atoms with van der Waals surface area (Å²) in [5.41, 5.74) is 0.916. The van der Waals surface area contributed by atoms with E-state index in [9.17, 15) is 18.8 Å². The Morgan fingerprint density at radius 2 is 1.67 bits per heavy atom. The number of piperazine rings is 1. The molecule has 1 saturated heterocycles. The number of Topliss-reactive ketones (excluding diaryl/α,β-unsaturated/α-hetero) is 1. The van der Waals surface area contributed by atoms with Crippen LogP contribution in [-0.4, -0.2) is 55.2 Å². The predicted octanol–water partition coefficient (Wildman–Crippen LogP) is 0.816. The lowest BCUT2D eigenvalue weighted by molar-refractivity contribution is -0.141. The minimum Gasteiger partial charge on any atom is -0.368 e. The molecule has 1 aliphatic rings. The van der Waals surface area contributed by atoms with Crippen molar-refractivity contribution < 1.29 is 18.8 Å². The second-order valence-electron chi connectivity index (χ2n) is 6.05. The SMILES string of the molecule is CC(C)C(=O)C(=O)NCC(=O)N1CCN(c2ccc(F)cc2)CC1. The van der Waals surface area contributed by atoms with Crippen LogP contribution in [0, 0.1) is 11.7 Å². The number of nitrogens with zero attached hydrogens (tertiary/aromatic N) is 2. The number of amides is 2. The van der Waals surface area contributed by atoms with Crippen LogP contribution in [0.3, 0.4) is 0 Å². The third kappa shape index (κ3) is 4.53. The number of carbonyl (C=O) groups excluding carboxylic acids is 3. The van der Waals surface area contributed by atoms with E-state index in [0.29, 0.717) is 26.2 Å². The van der Waals surface area contributed by atoms with E-state index in [0.717, 1.165) is 5.69 Å². The molecule has 0 saturated carbocycles. The minimum atomic E-state index is -0.719. The van der Waals surface area contributed by atoms with Crippen molar-refractivity contribution in [1.29, 1.82) is 0 Å². The van der Waals surface area contributed by atoms with Crippen molar-refractivity contribution in [2.75, 3.05) is 37.6 Å². The first kappa shape index (κ1) is 17.9. The van der Waals surface area contributed by atoms with Crippen molar-refractivity contribution in [3.63, 3.8) is 0 Å². The van der Waals surface area contributed by atoms with Gasteiger partial charge in [-0.2, -0.15) is 0 Å². The van der Waals surface area contributed by atoms with Gasteiger partial charge in [-0.1, -0.05) is 13.8 Å².